The molecule has 4 rings (SSSR count). The van der Waals surface area contributed by atoms with Crippen LogP contribution in [0.2, 0.25) is 5.02 Å². The van der Waals surface area contributed by atoms with Crippen molar-refractivity contribution in [3.05, 3.63) is 46.9 Å². The van der Waals surface area contributed by atoms with Gasteiger partial charge in [0, 0.05) is 25.7 Å². The predicted molar refractivity (Wildman–Crippen MR) is 116 cm³/mol. The van der Waals surface area contributed by atoms with E-state index in [1.54, 1.807) is 0 Å². The van der Waals surface area contributed by atoms with Crippen molar-refractivity contribution >= 4 is 35.1 Å². The smallest absolute Gasteiger partial charge is 0.214 e. The van der Waals surface area contributed by atoms with Crippen LogP contribution in [0.5, 0.6) is 0 Å². The van der Waals surface area contributed by atoms with Crippen molar-refractivity contribution in [3.8, 4) is 0 Å². The molecule has 162 valence electrons. The highest BCUT2D eigenvalue weighted by molar-refractivity contribution is 8.00. The average molecular weight is 457 g/mol. The fourth-order valence-electron chi connectivity index (χ4n) is 4.49. The van der Waals surface area contributed by atoms with Crippen molar-refractivity contribution in [2.24, 2.45) is 11.3 Å². The normalized spacial score (nSPS) is 24.6. The van der Waals surface area contributed by atoms with Crippen LogP contribution in [0.25, 0.3) is 0 Å². The summed E-state index contributed by atoms with van der Waals surface area (Å²) in [7, 11) is 2.13. The Labute approximate surface area is 183 Å². The summed E-state index contributed by atoms with van der Waals surface area (Å²) < 4.78 is 45.6. The molecule has 2 aliphatic heterocycles. The zero-order valence-electron chi connectivity index (χ0n) is 16.9. The summed E-state index contributed by atoms with van der Waals surface area (Å²) in [6.07, 6.45) is 2.11. The minimum absolute atomic E-state index is 0.0963. The van der Waals surface area contributed by atoms with Crippen molar-refractivity contribution in [2.75, 3.05) is 42.8 Å². The van der Waals surface area contributed by atoms with Gasteiger partial charge in [-0.3, -0.25) is 0 Å². The Morgan fingerprint density at radius 3 is 2.77 bits per heavy atom. The molecule has 4 nitrogen and oxygen atoms in total. The second-order valence-electron chi connectivity index (χ2n) is 8.46. The summed E-state index contributed by atoms with van der Waals surface area (Å²) in [4.78, 5) is 7.67. The van der Waals surface area contributed by atoms with E-state index in [1.165, 1.54) is 24.3 Å². The zero-order valence-corrected chi connectivity index (χ0v) is 18.5. The van der Waals surface area contributed by atoms with Crippen LogP contribution in [-0.4, -0.2) is 43.1 Å². The Bertz CT molecular complexity index is 947. The first kappa shape index (κ1) is 21.6. The van der Waals surface area contributed by atoms with Gasteiger partial charge in [-0.2, -0.15) is 4.39 Å². The molecule has 2 saturated heterocycles. The van der Waals surface area contributed by atoms with E-state index in [4.69, 9.17) is 11.6 Å². The number of aromatic nitrogens is 1. The van der Waals surface area contributed by atoms with Crippen LogP contribution < -0.4 is 9.62 Å². The maximum Gasteiger partial charge on any atom is 0.214 e. The minimum Gasteiger partial charge on any atom is -0.370 e. The highest BCUT2D eigenvalue weighted by atomic mass is 35.5. The second-order valence-corrected chi connectivity index (χ2v) is 9.65. The van der Waals surface area contributed by atoms with Gasteiger partial charge >= 0.3 is 0 Å². The molecule has 0 radical (unpaired) electrons. The Hall–Kier alpha value is -1.64. The lowest BCUT2D eigenvalue weighted by atomic mass is 9.76. The highest BCUT2D eigenvalue weighted by Gasteiger charge is 2.43. The quantitative estimate of drug-likeness (QED) is 0.368. The van der Waals surface area contributed by atoms with E-state index >= 15 is 0 Å². The first-order chi connectivity index (χ1) is 14.3. The van der Waals surface area contributed by atoms with E-state index in [0.717, 1.165) is 32.5 Å². The summed E-state index contributed by atoms with van der Waals surface area (Å²) in [6.45, 7) is 5.84. The summed E-state index contributed by atoms with van der Waals surface area (Å²) in [5, 5.41) is -0.0966. The van der Waals surface area contributed by atoms with E-state index in [0.29, 0.717) is 30.1 Å². The largest absolute Gasteiger partial charge is 0.370 e. The number of pyridine rings is 1. The molecule has 1 aromatic heterocycles. The highest BCUT2D eigenvalue weighted by Crippen LogP contribution is 2.45. The lowest BCUT2D eigenvalue weighted by Crippen LogP contribution is -2.33. The molecule has 1 aromatic carbocycles. The number of likely N-dealkylation sites (tertiary alicyclic amines) is 1. The maximum absolute atomic E-state index is 14.9. The SMILES string of the molecule is CN1CCC(C2(C)CCN(c3cc(F)c(SNc4cccc(F)n4)c(F)c3Cl)C2)C1. The predicted octanol–water partition coefficient (Wildman–Crippen LogP) is 5.44. The third-order valence-corrected chi connectivity index (χ3v) is 7.54. The van der Waals surface area contributed by atoms with E-state index in [-0.39, 0.29) is 21.2 Å². The molecule has 0 bridgehead atoms. The molecule has 1 N–H and O–H groups in total. The summed E-state index contributed by atoms with van der Waals surface area (Å²) in [5.74, 6) is -1.49. The van der Waals surface area contributed by atoms with Gasteiger partial charge in [0.25, 0.3) is 0 Å². The molecule has 0 amide bonds. The molecule has 0 spiro atoms. The van der Waals surface area contributed by atoms with E-state index in [9.17, 15) is 13.2 Å². The number of benzene rings is 1. The molecular weight excluding hydrogens is 433 g/mol. The van der Waals surface area contributed by atoms with Crippen molar-refractivity contribution in [3.63, 3.8) is 0 Å². The summed E-state index contributed by atoms with van der Waals surface area (Å²) in [5.41, 5.74) is 0.481. The molecule has 2 aliphatic rings. The lowest BCUT2D eigenvalue weighted by Gasteiger charge is -2.32. The second kappa shape index (κ2) is 8.48. The minimum atomic E-state index is -0.824. The summed E-state index contributed by atoms with van der Waals surface area (Å²) in [6, 6.07) is 5.45. The van der Waals surface area contributed by atoms with Crippen molar-refractivity contribution in [1.82, 2.24) is 9.88 Å². The van der Waals surface area contributed by atoms with Gasteiger partial charge in [0.05, 0.1) is 5.69 Å². The molecule has 2 fully saturated rings. The first-order valence-electron chi connectivity index (χ1n) is 9.93. The van der Waals surface area contributed by atoms with E-state index in [1.807, 2.05) is 4.90 Å². The Balaban J connectivity index is 1.51. The number of anilines is 2. The van der Waals surface area contributed by atoms with Crippen LogP contribution in [0.15, 0.2) is 29.2 Å². The number of hydrogen-bond acceptors (Lipinski definition) is 5. The van der Waals surface area contributed by atoms with Crippen molar-refractivity contribution in [2.45, 2.75) is 24.7 Å². The van der Waals surface area contributed by atoms with Gasteiger partial charge < -0.3 is 14.5 Å². The fraction of sp³-hybridized carbons (Fsp3) is 0.476. The van der Waals surface area contributed by atoms with Gasteiger partial charge in [0.1, 0.15) is 21.6 Å². The van der Waals surface area contributed by atoms with Gasteiger partial charge in [-0.1, -0.05) is 24.6 Å². The monoisotopic (exact) mass is 456 g/mol. The van der Waals surface area contributed by atoms with Gasteiger partial charge in [0.15, 0.2) is 5.82 Å². The number of rotatable bonds is 5. The van der Waals surface area contributed by atoms with Gasteiger partial charge in [-0.25, -0.2) is 13.8 Å². The summed E-state index contributed by atoms with van der Waals surface area (Å²) >= 11 is 7.01. The third-order valence-electron chi connectivity index (χ3n) is 6.29. The Morgan fingerprint density at radius 2 is 2.07 bits per heavy atom. The molecule has 3 heterocycles. The van der Waals surface area contributed by atoms with Crippen LogP contribution in [0, 0.1) is 28.9 Å². The van der Waals surface area contributed by atoms with Crippen LogP contribution >= 0.6 is 23.5 Å². The zero-order chi connectivity index (χ0) is 21.5. The van der Waals surface area contributed by atoms with Crippen LogP contribution in [-0.2, 0) is 0 Å². The fourth-order valence-corrected chi connectivity index (χ4v) is 5.48. The molecule has 2 unspecified atom stereocenters. The maximum atomic E-state index is 14.9. The Kier molecular flexibility index (Phi) is 6.10. The molecule has 9 heteroatoms. The van der Waals surface area contributed by atoms with Gasteiger partial charge in [-0.05, 0) is 61.8 Å². The Morgan fingerprint density at radius 1 is 1.27 bits per heavy atom. The molecule has 30 heavy (non-hydrogen) atoms. The lowest BCUT2D eigenvalue weighted by molar-refractivity contribution is 0.217. The number of hydrogen-bond donors (Lipinski definition) is 1. The third kappa shape index (κ3) is 4.22. The first-order valence-corrected chi connectivity index (χ1v) is 11.1. The average Bonchev–Trinajstić information content (AvgIpc) is 3.32. The van der Waals surface area contributed by atoms with E-state index in [2.05, 4.69) is 28.6 Å². The van der Waals surface area contributed by atoms with Gasteiger partial charge in [-0.15, -0.1) is 0 Å². The molecule has 2 aromatic rings. The molecule has 2 atom stereocenters. The van der Waals surface area contributed by atoms with E-state index < -0.39 is 17.6 Å². The van der Waals surface area contributed by atoms with Crippen molar-refractivity contribution < 1.29 is 13.2 Å². The van der Waals surface area contributed by atoms with Crippen LogP contribution in [0.3, 0.4) is 0 Å². The van der Waals surface area contributed by atoms with Crippen LogP contribution in [0.1, 0.15) is 19.8 Å². The topological polar surface area (TPSA) is 31.4 Å². The number of nitrogens with one attached hydrogen (secondary N) is 1. The molecule has 0 aliphatic carbocycles. The molecule has 0 saturated carbocycles. The van der Waals surface area contributed by atoms with Crippen LogP contribution in [0.4, 0.5) is 24.7 Å². The number of nitrogens with zero attached hydrogens (tertiary/aromatic N) is 3. The van der Waals surface area contributed by atoms with Crippen molar-refractivity contribution in [1.29, 1.82) is 0 Å². The standard InChI is InChI=1S/C21H24ClF3N4S/c1-21(13-6-8-28(2)11-13)7-9-29(12-21)15-10-14(23)20(19(25)18(15)22)30-27-17-5-3-4-16(24)26-17/h3-5,10,13H,6-9,11-12H2,1-2H3,(H,26,27). The van der Waals surface area contributed by atoms with Gasteiger partial charge in [0.2, 0.25) is 5.95 Å². The molecular formula is C21H24ClF3N4S. The number of halogens is 4.